The van der Waals surface area contributed by atoms with Crippen LogP contribution in [0, 0.1) is 16.7 Å². The van der Waals surface area contributed by atoms with E-state index in [0.717, 1.165) is 31.2 Å². The summed E-state index contributed by atoms with van der Waals surface area (Å²) in [7, 11) is 5.52. The van der Waals surface area contributed by atoms with Gasteiger partial charge in [0.1, 0.15) is 0 Å². The number of carbonyl (C=O) groups excluding carboxylic acids is 1. The Labute approximate surface area is 136 Å². The Morgan fingerprint density at radius 1 is 1.55 bits per heavy atom. The summed E-state index contributed by atoms with van der Waals surface area (Å²) in [6, 6.07) is 0. The molecule has 0 unspecified atom stereocenters. The number of carbonyl (C=O) groups is 1. The van der Waals surface area contributed by atoms with Gasteiger partial charge in [0, 0.05) is 44.8 Å². The predicted octanol–water partition coefficient (Wildman–Crippen LogP) is 2.23. The fourth-order valence-electron chi connectivity index (χ4n) is 4.39. The zero-order valence-corrected chi connectivity index (χ0v) is 14.9. The molecule has 0 amide bonds. The smallest absolute Gasteiger partial charge is 0.313 e. The number of esters is 1. The molecule has 1 saturated heterocycles. The standard InChI is InChI=1S/C16H25N3O2S/c1-15(2)9-16(13(20)21-5)10-19(8-12(15)16)7-11-6-17-14(22-11)18(3)4/h6,12H,7-10H2,1-5H3/t12-,16+/m1/s1. The molecule has 0 aromatic carbocycles. The van der Waals surface area contributed by atoms with Crippen LogP contribution in [0.15, 0.2) is 6.20 Å². The van der Waals surface area contributed by atoms with Crippen molar-refractivity contribution in [2.45, 2.75) is 26.8 Å². The van der Waals surface area contributed by atoms with Crippen molar-refractivity contribution in [3.63, 3.8) is 0 Å². The number of ether oxygens (including phenoxy) is 1. The third kappa shape index (κ3) is 2.33. The number of likely N-dealkylation sites (tertiary alicyclic amines) is 1. The summed E-state index contributed by atoms with van der Waals surface area (Å²) in [5.41, 5.74) is -0.0568. The molecule has 0 N–H and O–H groups in total. The molecule has 1 aromatic rings. The lowest BCUT2D eigenvalue weighted by Crippen LogP contribution is -2.57. The molecule has 122 valence electrons. The number of fused-ring (bicyclic) bond motifs is 1. The SMILES string of the molecule is COC(=O)[C@@]12CN(Cc3cnc(N(C)C)s3)C[C@@H]1C(C)(C)C2. The number of aromatic nitrogens is 1. The summed E-state index contributed by atoms with van der Waals surface area (Å²) in [5.74, 6) is 0.367. The Bertz CT molecular complexity index is 584. The van der Waals surface area contributed by atoms with Crippen LogP contribution < -0.4 is 4.90 Å². The third-order valence-electron chi connectivity index (χ3n) is 5.22. The fraction of sp³-hybridized carbons (Fsp3) is 0.750. The molecule has 0 radical (unpaired) electrons. The lowest BCUT2D eigenvalue weighted by Gasteiger charge is -2.54. The highest BCUT2D eigenvalue weighted by molar-refractivity contribution is 7.15. The molecule has 2 fully saturated rings. The van der Waals surface area contributed by atoms with E-state index < -0.39 is 0 Å². The van der Waals surface area contributed by atoms with Gasteiger partial charge in [-0.15, -0.1) is 11.3 Å². The quantitative estimate of drug-likeness (QED) is 0.795. The normalized spacial score (nSPS) is 29.8. The van der Waals surface area contributed by atoms with Gasteiger partial charge in [0.15, 0.2) is 5.13 Å². The van der Waals surface area contributed by atoms with Crippen LogP contribution in [0.4, 0.5) is 5.13 Å². The van der Waals surface area contributed by atoms with Crippen molar-refractivity contribution in [2.24, 2.45) is 16.7 Å². The molecule has 22 heavy (non-hydrogen) atoms. The Kier molecular flexibility index (Phi) is 3.72. The van der Waals surface area contributed by atoms with E-state index >= 15 is 0 Å². The molecule has 0 bridgehead atoms. The van der Waals surface area contributed by atoms with Gasteiger partial charge in [-0.05, 0) is 17.8 Å². The maximum absolute atomic E-state index is 12.3. The second kappa shape index (κ2) is 5.20. The summed E-state index contributed by atoms with van der Waals surface area (Å²) in [4.78, 5) is 22.4. The zero-order chi connectivity index (χ0) is 16.1. The molecule has 1 aliphatic heterocycles. The molecule has 5 nitrogen and oxygen atoms in total. The van der Waals surface area contributed by atoms with E-state index in [1.165, 1.54) is 12.0 Å². The molecule has 1 aliphatic carbocycles. The van der Waals surface area contributed by atoms with Gasteiger partial charge in [-0.2, -0.15) is 0 Å². The van der Waals surface area contributed by atoms with E-state index in [2.05, 4.69) is 23.7 Å². The molecular formula is C16H25N3O2S. The highest BCUT2D eigenvalue weighted by Gasteiger charge is 2.67. The number of hydrogen-bond acceptors (Lipinski definition) is 6. The number of methoxy groups -OCH3 is 1. The van der Waals surface area contributed by atoms with Crippen molar-refractivity contribution in [3.05, 3.63) is 11.1 Å². The Morgan fingerprint density at radius 3 is 2.82 bits per heavy atom. The number of thiazole rings is 1. The molecule has 6 heteroatoms. The van der Waals surface area contributed by atoms with Crippen LogP contribution in [0.25, 0.3) is 0 Å². The summed E-state index contributed by atoms with van der Waals surface area (Å²) in [5, 5.41) is 1.03. The highest BCUT2D eigenvalue weighted by Crippen LogP contribution is 2.63. The average Bonchev–Trinajstić information content (AvgIpc) is 3.02. The monoisotopic (exact) mass is 323 g/mol. The minimum atomic E-state index is -0.284. The van der Waals surface area contributed by atoms with Crippen LogP contribution in [0.2, 0.25) is 0 Å². The first-order valence-corrected chi connectivity index (χ1v) is 8.53. The molecular weight excluding hydrogens is 298 g/mol. The molecule has 3 rings (SSSR count). The van der Waals surface area contributed by atoms with E-state index in [0.29, 0.717) is 5.92 Å². The van der Waals surface area contributed by atoms with Crippen molar-refractivity contribution in [2.75, 3.05) is 39.2 Å². The zero-order valence-electron chi connectivity index (χ0n) is 14.0. The first-order valence-electron chi connectivity index (χ1n) is 7.71. The summed E-state index contributed by atoms with van der Waals surface area (Å²) < 4.78 is 5.10. The molecule has 0 spiro atoms. The van der Waals surface area contributed by atoms with E-state index in [-0.39, 0.29) is 16.8 Å². The molecule has 1 aromatic heterocycles. The van der Waals surface area contributed by atoms with Gasteiger partial charge in [0.25, 0.3) is 0 Å². The van der Waals surface area contributed by atoms with Gasteiger partial charge >= 0.3 is 5.97 Å². The topological polar surface area (TPSA) is 45.7 Å². The number of nitrogens with zero attached hydrogens (tertiary/aromatic N) is 3. The number of anilines is 1. The second-order valence-corrected chi connectivity index (χ2v) is 8.63. The Balaban J connectivity index is 1.73. The summed E-state index contributed by atoms with van der Waals surface area (Å²) in [6.07, 6.45) is 2.88. The minimum Gasteiger partial charge on any atom is -0.469 e. The van der Waals surface area contributed by atoms with Gasteiger partial charge in [-0.1, -0.05) is 13.8 Å². The molecule has 2 heterocycles. The largest absolute Gasteiger partial charge is 0.469 e. The van der Waals surface area contributed by atoms with E-state index in [1.807, 2.05) is 25.2 Å². The minimum absolute atomic E-state index is 0.0300. The van der Waals surface area contributed by atoms with Gasteiger partial charge in [-0.3, -0.25) is 9.69 Å². The van der Waals surface area contributed by atoms with Crippen molar-refractivity contribution in [1.82, 2.24) is 9.88 Å². The summed E-state index contributed by atoms with van der Waals surface area (Å²) in [6.45, 7) is 7.18. The Hall–Kier alpha value is -1.14. The van der Waals surface area contributed by atoms with Crippen LogP contribution in [0.5, 0.6) is 0 Å². The fourth-order valence-corrected chi connectivity index (χ4v) is 5.26. The van der Waals surface area contributed by atoms with Crippen molar-refractivity contribution < 1.29 is 9.53 Å². The molecule has 1 saturated carbocycles. The van der Waals surface area contributed by atoms with Crippen LogP contribution >= 0.6 is 11.3 Å². The second-order valence-electron chi connectivity index (χ2n) is 7.54. The van der Waals surface area contributed by atoms with Crippen LogP contribution in [0.1, 0.15) is 25.1 Å². The highest BCUT2D eigenvalue weighted by atomic mass is 32.1. The maximum atomic E-state index is 12.3. The van der Waals surface area contributed by atoms with E-state index in [9.17, 15) is 4.79 Å². The van der Waals surface area contributed by atoms with Crippen molar-refractivity contribution in [1.29, 1.82) is 0 Å². The van der Waals surface area contributed by atoms with Crippen molar-refractivity contribution >= 4 is 22.4 Å². The number of rotatable bonds is 4. The average molecular weight is 323 g/mol. The summed E-state index contributed by atoms with van der Waals surface area (Å²) >= 11 is 1.72. The van der Waals surface area contributed by atoms with Crippen LogP contribution in [-0.4, -0.2) is 50.1 Å². The third-order valence-corrected chi connectivity index (χ3v) is 6.37. The van der Waals surface area contributed by atoms with Gasteiger partial charge in [0.2, 0.25) is 0 Å². The predicted molar refractivity (Wildman–Crippen MR) is 88.1 cm³/mol. The van der Waals surface area contributed by atoms with Gasteiger partial charge in [0.05, 0.1) is 12.5 Å². The van der Waals surface area contributed by atoms with E-state index in [1.54, 1.807) is 11.3 Å². The van der Waals surface area contributed by atoms with Gasteiger partial charge < -0.3 is 9.64 Å². The van der Waals surface area contributed by atoms with Crippen LogP contribution in [-0.2, 0) is 16.1 Å². The van der Waals surface area contributed by atoms with Gasteiger partial charge in [-0.25, -0.2) is 4.98 Å². The first-order chi connectivity index (χ1) is 10.3. The molecule has 2 aliphatic rings. The molecule has 2 atom stereocenters. The van der Waals surface area contributed by atoms with Crippen molar-refractivity contribution in [3.8, 4) is 0 Å². The maximum Gasteiger partial charge on any atom is 0.313 e. The lowest BCUT2D eigenvalue weighted by atomic mass is 9.48. The lowest BCUT2D eigenvalue weighted by molar-refractivity contribution is -0.174. The Morgan fingerprint density at radius 2 is 2.27 bits per heavy atom. The first kappa shape index (κ1) is 15.7. The number of hydrogen-bond donors (Lipinski definition) is 0. The van der Waals surface area contributed by atoms with E-state index in [4.69, 9.17) is 4.74 Å². The van der Waals surface area contributed by atoms with Crippen LogP contribution in [0.3, 0.4) is 0 Å².